The number of benzene rings is 2. The molecule has 2 aromatic carbocycles. The second kappa shape index (κ2) is 9.38. The Hall–Kier alpha value is -2.14. The Kier molecular flexibility index (Phi) is 6.58. The van der Waals surface area contributed by atoms with Crippen LogP contribution in [0.2, 0.25) is 0 Å². The van der Waals surface area contributed by atoms with E-state index in [2.05, 4.69) is 0 Å². The third-order valence-corrected chi connectivity index (χ3v) is 9.21. The third-order valence-electron chi connectivity index (χ3n) is 7.30. The average molecular weight is 512 g/mol. The molecule has 190 valence electrons. The molecule has 0 amide bonds. The molecule has 0 spiro atoms. The molecule has 3 atom stereocenters. The van der Waals surface area contributed by atoms with E-state index in [1.165, 1.54) is 30.3 Å². The Morgan fingerprint density at radius 1 is 1.00 bits per heavy atom. The minimum atomic E-state index is -4.58. The largest absolute Gasteiger partial charge is 0.490 e. The first-order valence-corrected chi connectivity index (χ1v) is 13.3. The van der Waals surface area contributed by atoms with Gasteiger partial charge in [0, 0.05) is 37.7 Å². The number of aliphatic hydroxyl groups is 1. The molecule has 0 radical (unpaired) electrons. The Bertz CT molecular complexity index is 1180. The number of sulfonamides is 1. The number of nitrogens with zero attached hydrogens (tertiary/aromatic N) is 1. The van der Waals surface area contributed by atoms with Gasteiger partial charge in [-0.2, -0.15) is 17.5 Å². The predicted molar refractivity (Wildman–Crippen MR) is 121 cm³/mol. The maximum atomic E-state index is 13.6. The smallest absolute Gasteiger partial charge is 0.416 e. The van der Waals surface area contributed by atoms with Crippen LogP contribution in [0.5, 0.6) is 5.75 Å². The summed E-state index contributed by atoms with van der Waals surface area (Å²) in [5.41, 5.74) is -0.469. The zero-order valence-electron chi connectivity index (χ0n) is 19.1. The van der Waals surface area contributed by atoms with Crippen molar-refractivity contribution in [2.75, 3.05) is 19.8 Å². The molecule has 2 saturated heterocycles. The molecule has 0 saturated carbocycles. The summed E-state index contributed by atoms with van der Waals surface area (Å²) < 4.78 is 80.8. The van der Waals surface area contributed by atoms with Crippen molar-refractivity contribution in [3.8, 4) is 5.75 Å². The summed E-state index contributed by atoms with van der Waals surface area (Å²) >= 11 is 0. The van der Waals surface area contributed by atoms with Crippen LogP contribution in [0.15, 0.2) is 47.4 Å². The van der Waals surface area contributed by atoms with Crippen molar-refractivity contribution in [1.82, 2.24) is 4.31 Å². The van der Waals surface area contributed by atoms with E-state index in [-0.39, 0.29) is 29.0 Å². The van der Waals surface area contributed by atoms with Crippen LogP contribution in [0.1, 0.15) is 60.9 Å². The second-order valence-electron chi connectivity index (χ2n) is 9.42. The quantitative estimate of drug-likeness (QED) is 0.636. The fourth-order valence-electron chi connectivity index (χ4n) is 5.51. The van der Waals surface area contributed by atoms with Crippen LogP contribution in [0.4, 0.5) is 13.2 Å². The Labute approximate surface area is 202 Å². The number of hydrogen-bond acceptors (Lipinski definition) is 5. The van der Waals surface area contributed by atoms with Crippen LogP contribution < -0.4 is 4.74 Å². The molecule has 10 heteroatoms. The van der Waals surface area contributed by atoms with Gasteiger partial charge in [0.05, 0.1) is 22.6 Å². The molecular weight excluding hydrogens is 483 g/mol. The van der Waals surface area contributed by atoms with Crippen LogP contribution in [0.25, 0.3) is 0 Å². The molecule has 6 nitrogen and oxygen atoms in total. The number of hydrogen-bond donors (Lipinski definition) is 1. The minimum absolute atomic E-state index is 0.0401. The van der Waals surface area contributed by atoms with Gasteiger partial charge in [0.15, 0.2) is 0 Å². The fraction of sp³-hybridized carbons (Fsp3) is 0.520. The number of fused-ring (bicyclic) bond motifs is 1. The highest BCUT2D eigenvalue weighted by molar-refractivity contribution is 7.89. The van der Waals surface area contributed by atoms with Gasteiger partial charge in [-0.1, -0.05) is 18.2 Å². The number of alkyl halides is 3. The predicted octanol–water partition coefficient (Wildman–Crippen LogP) is 4.84. The van der Waals surface area contributed by atoms with E-state index in [0.717, 1.165) is 23.2 Å². The van der Waals surface area contributed by atoms with Crippen LogP contribution in [0.3, 0.4) is 0 Å². The van der Waals surface area contributed by atoms with Crippen LogP contribution in [-0.2, 0) is 20.9 Å². The van der Waals surface area contributed by atoms with Crippen molar-refractivity contribution in [2.45, 2.75) is 61.4 Å². The van der Waals surface area contributed by atoms with Gasteiger partial charge in [0.1, 0.15) is 11.9 Å². The van der Waals surface area contributed by atoms with Crippen molar-refractivity contribution >= 4 is 10.0 Å². The van der Waals surface area contributed by atoms with Crippen LogP contribution in [-0.4, -0.2) is 43.7 Å². The van der Waals surface area contributed by atoms with E-state index in [1.54, 1.807) is 6.07 Å². The van der Waals surface area contributed by atoms with Crippen LogP contribution in [0, 0.1) is 5.92 Å². The Balaban J connectivity index is 1.43. The van der Waals surface area contributed by atoms with E-state index >= 15 is 0 Å². The van der Waals surface area contributed by atoms with E-state index in [4.69, 9.17) is 9.47 Å². The lowest BCUT2D eigenvalue weighted by molar-refractivity contribution is -0.138. The fourth-order valence-corrected chi connectivity index (χ4v) is 7.22. The zero-order valence-corrected chi connectivity index (χ0v) is 19.9. The second-order valence-corrected chi connectivity index (χ2v) is 11.3. The number of rotatable bonds is 4. The molecule has 3 aliphatic heterocycles. The van der Waals surface area contributed by atoms with E-state index in [1.807, 2.05) is 0 Å². The number of halogens is 3. The lowest BCUT2D eigenvalue weighted by Gasteiger charge is -2.36. The topological polar surface area (TPSA) is 76.1 Å². The van der Waals surface area contributed by atoms with Gasteiger partial charge in [-0.15, -0.1) is 0 Å². The van der Waals surface area contributed by atoms with Crippen molar-refractivity contribution < 1.29 is 36.2 Å². The minimum Gasteiger partial charge on any atom is -0.490 e. The lowest BCUT2D eigenvalue weighted by atomic mass is 9.87. The molecular formula is C25H28F3NO5S. The molecule has 5 rings (SSSR count). The molecule has 0 bridgehead atoms. The summed E-state index contributed by atoms with van der Waals surface area (Å²) in [6, 6.07) is 8.59. The molecule has 2 aromatic rings. The summed E-state index contributed by atoms with van der Waals surface area (Å²) in [7, 11) is -4.11. The van der Waals surface area contributed by atoms with E-state index < -0.39 is 33.9 Å². The molecule has 0 aliphatic carbocycles. The molecule has 35 heavy (non-hydrogen) atoms. The van der Waals surface area contributed by atoms with Gasteiger partial charge in [-0.3, -0.25) is 0 Å². The number of ether oxygens (including phenoxy) is 2. The van der Waals surface area contributed by atoms with Gasteiger partial charge in [0.2, 0.25) is 10.0 Å². The van der Waals surface area contributed by atoms with Gasteiger partial charge in [-0.25, -0.2) is 8.42 Å². The highest BCUT2D eigenvalue weighted by Gasteiger charge is 2.42. The molecule has 3 unspecified atom stereocenters. The highest BCUT2D eigenvalue weighted by atomic mass is 32.2. The van der Waals surface area contributed by atoms with Crippen molar-refractivity contribution in [3.63, 3.8) is 0 Å². The first kappa shape index (κ1) is 24.5. The summed E-state index contributed by atoms with van der Waals surface area (Å²) in [6.07, 6.45) is -2.85. The monoisotopic (exact) mass is 511 g/mol. The Morgan fingerprint density at radius 3 is 2.49 bits per heavy atom. The summed E-state index contributed by atoms with van der Waals surface area (Å²) in [4.78, 5) is -0.0557. The van der Waals surface area contributed by atoms with E-state index in [0.29, 0.717) is 43.8 Å². The first-order valence-electron chi connectivity index (χ1n) is 11.9. The normalized spacial score (nSPS) is 26.3. The summed E-state index contributed by atoms with van der Waals surface area (Å²) in [5, 5.41) is 10.8. The van der Waals surface area contributed by atoms with Crippen LogP contribution >= 0.6 is 0 Å². The summed E-state index contributed by atoms with van der Waals surface area (Å²) in [6.45, 7) is 1.43. The SMILES string of the molecule is O=S(=O)(c1ccc2c(c1)C(O)CC(C1CCOCC1)O2)N1CCCC1c1ccccc1C(F)(F)F. The summed E-state index contributed by atoms with van der Waals surface area (Å²) in [5.74, 6) is 0.702. The molecule has 2 fully saturated rings. The highest BCUT2D eigenvalue weighted by Crippen LogP contribution is 2.44. The lowest BCUT2D eigenvalue weighted by Crippen LogP contribution is -2.36. The van der Waals surface area contributed by atoms with Gasteiger partial charge >= 0.3 is 6.18 Å². The van der Waals surface area contributed by atoms with Crippen molar-refractivity contribution in [2.24, 2.45) is 5.92 Å². The molecule has 3 heterocycles. The average Bonchev–Trinajstić information content (AvgIpc) is 3.35. The first-order chi connectivity index (χ1) is 16.7. The number of aliphatic hydroxyl groups excluding tert-OH is 1. The Morgan fingerprint density at radius 2 is 1.74 bits per heavy atom. The van der Waals surface area contributed by atoms with Gasteiger partial charge < -0.3 is 14.6 Å². The van der Waals surface area contributed by atoms with Crippen molar-refractivity contribution in [3.05, 3.63) is 59.2 Å². The zero-order chi connectivity index (χ0) is 24.8. The maximum Gasteiger partial charge on any atom is 0.416 e. The molecule has 0 aromatic heterocycles. The maximum absolute atomic E-state index is 13.6. The van der Waals surface area contributed by atoms with E-state index in [9.17, 15) is 26.7 Å². The van der Waals surface area contributed by atoms with Gasteiger partial charge in [-0.05, 0) is 55.5 Å². The standard InChI is InChI=1S/C25H28F3NO5S/c26-25(27,28)20-5-2-1-4-18(20)21-6-3-11-29(21)35(31,32)17-7-8-23-19(14-17)22(30)15-24(34-23)16-9-12-33-13-10-16/h1-2,4-5,7-8,14,16,21-22,24,30H,3,6,9-13,15H2. The molecule has 3 aliphatic rings. The third kappa shape index (κ3) is 4.69. The van der Waals surface area contributed by atoms with Crippen molar-refractivity contribution in [1.29, 1.82) is 0 Å². The molecule has 1 N–H and O–H groups in total. The van der Waals surface area contributed by atoms with Gasteiger partial charge in [0.25, 0.3) is 0 Å².